The molecule has 0 atom stereocenters. The summed E-state index contributed by atoms with van der Waals surface area (Å²) >= 11 is 6.01. The smallest absolute Gasteiger partial charge is 0.258 e. The number of fused-ring (bicyclic) bond motifs is 1. The van der Waals surface area contributed by atoms with Gasteiger partial charge in [0.05, 0.1) is 11.6 Å². The third-order valence-electron chi connectivity index (χ3n) is 4.87. The second-order valence-corrected chi connectivity index (χ2v) is 7.33. The number of halogens is 1. The lowest BCUT2D eigenvalue weighted by atomic mass is 9.95. The van der Waals surface area contributed by atoms with Crippen LogP contribution in [0.2, 0.25) is 5.02 Å². The Morgan fingerprint density at radius 2 is 2.04 bits per heavy atom. The van der Waals surface area contributed by atoms with E-state index in [2.05, 4.69) is 5.32 Å². The van der Waals surface area contributed by atoms with E-state index < -0.39 is 5.43 Å². The van der Waals surface area contributed by atoms with Gasteiger partial charge < -0.3 is 18.9 Å². The summed E-state index contributed by atoms with van der Waals surface area (Å²) in [5, 5.41) is 3.66. The van der Waals surface area contributed by atoms with E-state index in [0.717, 1.165) is 25.7 Å². The molecule has 28 heavy (non-hydrogen) atoms. The predicted molar refractivity (Wildman–Crippen MR) is 106 cm³/mol. The molecule has 1 amide bonds. The van der Waals surface area contributed by atoms with Gasteiger partial charge in [-0.2, -0.15) is 0 Å². The monoisotopic (exact) mass is 401 g/mol. The standard InChI is InChI=1S/C21H20ClNO5/c22-13-8-9-16-15(11-13)19(25)21(20(28-16)17-7-4-10-26-17)27-12-18(24)23-14-5-2-1-3-6-14/h4,7-11,14H,1-3,5-6,12H2,(H,23,24). The molecule has 1 fully saturated rings. The van der Waals surface area contributed by atoms with Crippen LogP contribution in [0.15, 0.2) is 50.2 Å². The van der Waals surface area contributed by atoms with Gasteiger partial charge in [0.2, 0.25) is 16.9 Å². The first-order valence-corrected chi connectivity index (χ1v) is 9.72. The highest BCUT2D eigenvalue weighted by molar-refractivity contribution is 6.31. The summed E-state index contributed by atoms with van der Waals surface area (Å²) < 4.78 is 16.8. The molecule has 2 aromatic heterocycles. The van der Waals surface area contributed by atoms with Crippen molar-refractivity contribution in [3.8, 4) is 17.3 Å². The highest BCUT2D eigenvalue weighted by Crippen LogP contribution is 2.32. The highest BCUT2D eigenvalue weighted by atomic mass is 35.5. The first-order valence-electron chi connectivity index (χ1n) is 9.34. The Morgan fingerprint density at radius 3 is 2.79 bits per heavy atom. The molecule has 3 aromatic rings. The molecule has 1 aromatic carbocycles. The van der Waals surface area contributed by atoms with Crippen LogP contribution in [0.25, 0.3) is 22.5 Å². The molecular formula is C21H20ClNO5. The van der Waals surface area contributed by atoms with E-state index >= 15 is 0 Å². The SMILES string of the molecule is O=C(COc1c(-c2ccco2)oc2ccc(Cl)cc2c1=O)NC1CCCCC1. The fraction of sp³-hybridized carbons (Fsp3) is 0.333. The van der Waals surface area contributed by atoms with Crippen molar-refractivity contribution in [3.05, 3.63) is 51.8 Å². The number of ether oxygens (including phenoxy) is 1. The van der Waals surface area contributed by atoms with E-state index in [-0.39, 0.29) is 35.5 Å². The molecule has 6 nitrogen and oxygen atoms in total. The van der Waals surface area contributed by atoms with Gasteiger partial charge in [-0.15, -0.1) is 0 Å². The van der Waals surface area contributed by atoms with Crippen LogP contribution in [0.1, 0.15) is 32.1 Å². The quantitative estimate of drug-likeness (QED) is 0.679. The molecule has 0 radical (unpaired) electrons. The van der Waals surface area contributed by atoms with Crippen LogP contribution in [0.5, 0.6) is 5.75 Å². The van der Waals surface area contributed by atoms with Gasteiger partial charge in [0, 0.05) is 11.1 Å². The number of furan rings is 1. The fourth-order valence-electron chi connectivity index (χ4n) is 3.51. The second-order valence-electron chi connectivity index (χ2n) is 6.90. The summed E-state index contributed by atoms with van der Waals surface area (Å²) in [6, 6.07) is 8.28. The number of amides is 1. The summed E-state index contributed by atoms with van der Waals surface area (Å²) in [6.45, 7) is -0.277. The molecule has 1 N–H and O–H groups in total. The van der Waals surface area contributed by atoms with Crippen molar-refractivity contribution in [2.75, 3.05) is 6.61 Å². The van der Waals surface area contributed by atoms with Crippen molar-refractivity contribution >= 4 is 28.5 Å². The minimum atomic E-state index is -0.402. The van der Waals surface area contributed by atoms with Crippen molar-refractivity contribution < 1.29 is 18.4 Å². The Kier molecular flexibility index (Phi) is 5.39. The van der Waals surface area contributed by atoms with E-state index in [0.29, 0.717) is 16.4 Å². The topological polar surface area (TPSA) is 81.7 Å². The molecule has 0 saturated heterocycles. The Morgan fingerprint density at radius 1 is 1.21 bits per heavy atom. The van der Waals surface area contributed by atoms with Crippen LogP contribution in [0.4, 0.5) is 0 Å². The van der Waals surface area contributed by atoms with E-state index in [9.17, 15) is 9.59 Å². The van der Waals surface area contributed by atoms with Crippen LogP contribution < -0.4 is 15.5 Å². The van der Waals surface area contributed by atoms with Gasteiger partial charge in [-0.05, 0) is 43.2 Å². The number of benzene rings is 1. The molecular weight excluding hydrogens is 382 g/mol. The second kappa shape index (κ2) is 8.10. The molecule has 0 aliphatic heterocycles. The Labute approximate surface area is 166 Å². The molecule has 7 heteroatoms. The molecule has 4 rings (SSSR count). The third-order valence-corrected chi connectivity index (χ3v) is 5.11. The Bertz CT molecular complexity index is 1030. The fourth-order valence-corrected chi connectivity index (χ4v) is 3.68. The average Bonchev–Trinajstić information content (AvgIpc) is 3.23. The van der Waals surface area contributed by atoms with Crippen LogP contribution in [-0.2, 0) is 4.79 Å². The molecule has 1 saturated carbocycles. The Balaban J connectivity index is 1.62. The lowest BCUT2D eigenvalue weighted by Gasteiger charge is -2.22. The summed E-state index contributed by atoms with van der Waals surface area (Å²) in [6.07, 6.45) is 6.85. The molecule has 0 bridgehead atoms. The number of hydrogen-bond donors (Lipinski definition) is 1. The van der Waals surface area contributed by atoms with Crippen molar-refractivity contribution in [1.82, 2.24) is 5.32 Å². The van der Waals surface area contributed by atoms with Gasteiger partial charge in [-0.1, -0.05) is 30.9 Å². The first-order chi connectivity index (χ1) is 13.6. The number of carbonyl (C=O) groups is 1. The zero-order valence-electron chi connectivity index (χ0n) is 15.2. The minimum absolute atomic E-state index is 0.0662. The molecule has 146 valence electrons. The van der Waals surface area contributed by atoms with Crippen LogP contribution >= 0.6 is 11.6 Å². The molecule has 1 aliphatic carbocycles. The maximum Gasteiger partial charge on any atom is 0.258 e. The van der Waals surface area contributed by atoms with E-state index in [4.69, 9.17) is 25.2 Å². The minimum Gasteiger partial charge on any atom is -0.476 e. The number of hydrogen-bond acceptors (Lipinski definition) is 5. The molecule has 0 spiro atoms. The van der Waals surface area contributed by atoms with Gasteiger partial charge in [0.15, 0.2) is 12.4 Å². The predicted octanol–water partition coefficient (Wildman–Crippen LogP) is 4.53. The summed E-state index contributed by atoms with van der Waals surface area (Å²) in [5.41, 5.74) is -0.0413. The normalized spacial score (nSPS) is 14.9. The van der Waals surface area contributed by atoms with E-state index in [1.807, 2.05) is 0 Å². The molecule has 1 aliphatic rings. The van der Waals surface area contributed by atoms with E-state index in [1.165, 1.54) is 18.8 Å². The molecule has 0 unspecified atom stereocenters. The van der Waals surface area contributed by atoms with Crippen LogP contribution in [0, 0.1) is 0 Å². The van der Waals surface area contributed by atoms with Gasteiger partial charge in [-0.25, -0.2) is 0 Å². The van der Waals surface area contributed by atoms with Crippen molar-refractivity contribution in [2.24, 2.45) is 0 Å². The van der Waals surface area contributed by atoms with Crippen LogP contribution in [0.3, 0.4) is 0 Å². The summed E-state index contributed by atoms with van der Waals surface area (Å²) in [4.78, 5) is 25.3. The highest BCUT2D eigenvalue weighted by Gasteiger charge is 2.22. The molecule has 2 heterocycles. The number of rotatable bonds is 5. The summed E-state index contributed by atoms with van der Waals surface area (Å²) in [7, 11) is 0. The lowest BCUT2D eigenvalue weighted by Crippen LogP contribution is -2.39. The largest absolute Gasteiger partial charge is 0.476 e. The van der Waals surface area contributed by atoms with Gasteiger partial charge in [-0.3, -0.25) is 9.59 Å². The Hall–Kier alpha value is -2.73. The maximum absolute atomic E-state index is 13.0. The lowest BCUT2D eigenvalue weighted by molar-refractivity contribution is -0.124. The third kappa shape index (κ3) is 3.92. The van der Waals surface area contributed by atoms with Crippen molar-refractivity contribution in [2.45, 2.75) is 38.1 Å². The maximum atomic E-state index is 13.0. The van der Waals surface area contributed by atoms with Crippen molar-refractivity contribution in [1.29, 1.82) is 0 Å². The van der Waals surface area contributed by atoms with Crippen molar-refractivity contribution in [3.63, 3.8) is 0 Å². The van der Waals surface area contributed by atoms with E-state index in [1.54, 1.807) is 24.3 Å². The average molecular weight is 402 g/mol. The van der Waals surface area contributed by atoms with Crippen LogP contribution in [-0.4, -0.2) is 18.6 Å². The van der Waals surface area contributed by atoms with Gasteiger partial charge >= 0.3 is 0 Å². The van der Waals surface area contributed by atoms with Gasteiger partial charge in [0.1, 0.15) is 5.58 Å². The zero-order chi connectivity index (χ0) is 19.5. The number of carbonyl (C=O) groups excluding carboxylic acids is 1. The summed E-state index contributed by atoms with van der Waals surface area (Å²) in [5.74, 6) is 0.165. The first kappa shape index (κ1) is 18.6. The number of nitrogens with one attached hydrogen (secondary N) is 1. The zero-order valence-corrected chi connectivity index (χ0v) is 16.0. The van der Waals surface area contributed by atoms with Gasteiger partial charge in [0.25, 0.3) is 5.91 Å².